The van der Waals surface area contributed by atoms with E-state index in [-0.39, 0.29) is 18.6 Å². The molecule has 0 fully saturated rings. The lowest BCUT2D eigenvalue weighted by molar-refractivity contribution is -0.0364. The van der Waals surface area contributed by atoms with Crippen LogP contribution in [0.2, 0.25) is 0 Å². The number of ether oxygens (including phenoxy) is 2. The molecule has 2 aromatic carbocycles. The first-order valence-corrected chi connectivity index (χ1v) is 10.5. The minimum atomic E-state index is -0.598. The summed E-state index contributed by atoms with van der Waals surface area (Å²) in [6.07, 6.45) is 3.86. The predicted octanol–water partition coefficient (Wildman–Crippen LogP) is 2.18. The lowest BCUT2D eigenvalue weighted by atomic mass is 9.90. The molecule has 6 heteroatoms. The van der Waals surface area contributed by atoms with Gasteiger partial charge in [0.15, 0.2) is 5.96 Å². The minimum absolute atomic E-state index is 0.0295. The van der Waals surface area contributed by atoms with Gasteiger partial charge in [-0.15, -0.1) is 0 Å². The van der Waals surface area contributed by atoms with E-state index in [1.165, 1.54) is 0 Å². The lowest BCUT2D eigenvalue weighted by Gasteiger charge is -2.33. The van der Waals surface area contributed by atoms with Crippen molar-refractivity contribution >= 4 is 18.1 Å². The highest BCUT2D eigenvalue weighted by Crippen LogP contribution is 2.26. The molecule has 164 valence electrons. The Hall–Kier alpha value is -3.48. The van der Waals surface area contributed by atoms with Crippen molar-refractivity contribution in [1.29, 1.82) is 0 Å². The van der Waals surface area contributed by atoms with E-state index < -0.39 is 5.60 Å². The van der Waals surface area contributed by atoms with Crippen LogP contribution in [0.1, 0.15) is 12.6 Å². The van der Waals surface area contributed by atoms with Gasteiger partial charge in [-0.25, -0.2) is 4.99 Å². The molecule has 0 spiro atoms. The molecule has 0 saturated heterocycles. The molecule has 1 heterocycles. The highest BCUT2D eigenvalue weighted by molar-refractivity contribution is 5.75. The molecule has 0 saturated carbocycles. The van der Waals surface area contributed by atoms with Crippen LogP contribution in [0, 0.1) is 0 Å². The third-order valence-electron chi connectivity index (χ3n) is 5.87. The zero-order valence-electron chi connectivity index (χ0n) is 18.6. The van der Waals surface area contributed by atoms with Crippen molar-refractivity contribution < 1.29 is 9.47 Å². The highest BCUT2D eigenvalue weighted by atomic mass is 16.5. The Morgan fingerprint density at radius 2 is 1.72 bits per heavy atom. The van der Waals surface area contributed by atoms with E-state index in [9.17, 15) is 0 Å². The molecule has 6 nitrogen and oxygen atoms in total. The van der Waals surface area contributed by atoms with E-state index in [2.05, 4.69) is 47.5 Å². The smallest absolute Gasteiger partial charge is 0.186 e. The number of guanidine groups is 1. The van der Waals surface area contributed by atoms with E-state index in [1.54, 1.807) is 14.2 Å². The van der Waals surface area contributed by atoms with Gasteiger partial charge in [0.1, 0.15) is 11.7 Å². The first-order chi connectivity index (χ1) is 15.4. The van der Waals surface area contributed by atoms with Gasteiger partial charge < -0.3 is 20.9 Å². The van der Waals surface area contributed by atoms with Crippen molar-refractivity contribution in [3.63, 3.8) is 0 Å². The fourth-order valence-corrected chi connectivity index (χ4v) is 4.05. The maximum atomic E-state index is 5.80. The zero-order chi connectivity index (χ0) is 22.7. The molecule has 2 atom stereocenters. The molecular formula is C26H28N4O2. The van der Waals surface area contributed by atoms with Crippen molar-refractivity contribution in [1.82, 2.24) is 4.98 Å². The minimum Gasteiger partial charge on any atom is -0.374 e. The van der Waals surface area contributed by atoms with E-state index in [1.807, 2.05) is 37.3 Å². The number of nitrogens with zero attached hydrogens (tertiary/aromatic N) is 2. The van der Waals surface area contributed by atoms with Gasteiger partial charge in [-0.2, -0.15) is 0 Å². The number of nitrogens with two attached hydrogens (primary N) is 2. The fraction of sp³-hybridized carbons (Fsp3) is 0.231. The van der Waals surface area contributed by atoms with Crippen molar-refractivity contribution in [3.8, 4) is 22.4 Å². The molecule has 1 aliphatic carbocycles. The number of benzene rings is 2. The van der Waals surface area contributed by atoms with Gasteiger partial charge >= 0.3 is 0 Å². The summed E-state index contributed by atoms with van der Waals surface area (Å²) >= 11 is 0. The first-order valence-electron chi connectivity index (χ1n) is 10.5. The SMILES string of the molecule is COC1C=c2c(CN=C(N)N)nc(-c3cccc(-c4ccccc4)c3)cc2=CC1(C)OC. The van der Waals surface area contributed by atoms with Crippen molar-refractivity contribution in [2.75, 3.05) is 14.2 Å². The second-order valence-corrected chi connectivity index (χ2v) is 8.00. The molecule has 0 bridgehead atoms. The van der Waals surface area contributed by atoms with E-state index in [0.717, 1.165) is 38.5 Å². The molecule has 4 N–H and O–H groups in total. The van der Waals surface area contributed by atoms with Crippen LogP contribution in [0.25, 0.3) is 34.5 Å². The highest BCUT2D eigenvalue weighted by Gasteiger charge is 2.33. The Labute approximate surface area is 187 Å². The zero-order valence-corrected chi connectivity index (χ0v) is 18.6. The van der Waals surface area contributed by atoms with E-state index >= 15 is 0 Å². The Balaban J connectivity index is 1.91. The molecule has 3 aromatic rings. The second kappa shape index (κ2) is 8.94. The van der Waals surface area contributed by atoms with Crippen LogP contribution in [-0.4, -0.2) is 36.9 Å². The molecule has 1 aliphatic rings. The monoisotopic (exact) mass is 428 g/mol. The lowest BCUT2D eigenvalue weighted by Crippen LogP contribution is -2.49. The van der Waals surface area contributed by atoms with E-state index in [0.29, 0.717) is 0 Å². The Morgan fingerprint density at radius 1 is 1.00 bits per heavy atom. The number of pyridine rings is 1. The molecule has 2 unspecified atom stereocenters. The number of rotatable bonds is 6. The van der Waals surface area contributed by atoms with Crippen LogP contribution < -0.4 is 21.9 Å². The quantitative estimate of drug-likeness (QED) is 0.464. The van der Waals surface area contributed by atoms with Gasteiger partial charge in [0.25, 0.3) is 0 Å². The molecule has 0 aliphatic heterocycles. The summed E-state index contributed by atoms with van der Waals surface area (Å²) in [5.74, 6) is 0.0295. The first kappa shape index (κ1) is 21.7. The normalized spacial score (nSPS) is 19.4. The standard InChI is InChI=1S/C26H28N4O2/c1-26(32-3)15-20-13-22(19-11-7-10-18(12-19)17-8-5-4-6-9-17)30-23(16-29-25(27)28)21(20)14-24(26)31-2/h4-15,24H,16H2,1-3H3,(H4,27,28,29). The van der Waals surface area contributed by atoms with Crippen LogP contribution in [0.3, 0.4) is 0 Å². The Kier molecular flexibility index (Phi) is 6.08. The summed E-state index contributed by atoms with van der Waals surface area (Å²) in [6.45, 7) is 2.29. The molecule has 1 aromatic heterocycles. The maximum absolute atomic E-state index is 5.80. The number of aliphatic imine (C=N–C) groups is 1. The summed E-state index contributed by atoms with van der Waals surface area (Å²) < 4.78 is 11.5. The molecule has 0 radical (unpaired) electrons. The topological polar surface area (TPSA) is 95.8 Å². The van der Waals surface area contributed by atoms with Crippen molar-refractivity contribution in [2.24, 2.45) is 16.5 Å². The molecular weight excluding hydrogens is 400 g/mol. The average molecular weight is 429 g/mol. The average Bonchev–Trinajstić information content (AvgIpc) is 2.82. The molecule has 4 rings (SSSR count). The van der Waals surface area contributed by atoms with Crippen LogP contribution in [0.5, 0.6) is 0 Å². The number of methoxy groups -OCH3 is 2. The van der Waals surface area contributed by atoms with E-state index in [4.69, 9.17) is 25.9 Å². The van der Waals surface area contributed by atoms with Crippen LogP contribution in [0.4, 0.5) is 0 Å². The van der Waals surface area contributed by atoms with Gasteiger partial charge in [-0.1, -0.05) is 48.5 Å². The summed E-state index contributed by atoms with van der Waals surface area (Å²) in [5.41, 5.74) is 15.5. The third kappa shape index (κ3) is 4.28. The Bertz CT molecular complexity index is 1270. The number of aromatic nitrogens is 1. The molecule has 32 heavy (non-hydrogen) atoms. The summed E-state index contributed by atoms with van der Waals surface area (Å²) in [7, 11) is 3.36. The van der Waals surface area contributed by atoms with Crippen LogP contribution >= 0.6 is 0 Å². The number of hydrogen-bond donors (Lipinski definition) is 2. The fourth-order valence-electron chi connectivity index (χ4n) is 4.05. The Morgan fingerprint density at radius 3 is 2.41 bits per heavy atom. The summed E-state index contributed by atoms with van der Waals surface area (Å²) in [5, 5.41) is 1.97. The number of hydrogen-bond acceptors (Lipinski definition) is 4. The van der Waals surface area contributed by atoms with Crippen LogP contribution in [0.15, 0.2) is 65.7 Å². The van der Waals surface area contributed by atoms with Gasteiger partial charge in [0, 0.05) is 25.0 Å². The summed E-state index contributed by atoms with van der Waals surface area (Å²) in [6, 6.07) is 20.7. The maximum Gasteiger partial charge on any atom is 0.186 e. The third-order valence-corrected chi connectivity index (χ3v) is 5.87. The van der Waals surface area contributed by atoms with Gasteiger partial charge in [-0.05, 0) is 47.6 Å². The van der Waals surface area contributed by atoms with Crippen LogP contribution in [-0.2, 0) is 16.0 Å². The second-order valence-electron chi connectivity index (χ2n) is 8.00. The predicted molar refractivity (Wildman–Crippen MR) is 129 cm³/mol. The van der Waals surface area contributed by atoms with Gasteiger partial charge in [-0.3, -0.25) is 4.98 Å². The van der Waals surface area contributed by atoms with Gasteiger partial charge in [0.2, 0.25) is 0 Å². The molecule has 0 amide bonds. The largest absolute Gasteiger partial charge is 0.374 e. The number of fused-ring (bicyclic) bond motifs is 1. The van der Waals surface area contributed by atoms with Crippen molar-refractivity contribution in [3.05, 3.63) is 76.8 Å². The van der Waals surface area contributed by atoms with Gasteiger partial charge in [0.05, 0.1) is 17.9 Å². The summed E-state index contributed by atoms with van der Waals surface area (Å²) in [4.78, 5) is 9.15. The van der Waals surface area contributed by atoms with Crippen molar-refractivity contribution in [2.45, 2.75) is 25.2 Å².